The van der Waals surface area contributed by atoms with Crippen LogP contribution in [0.25, 0.3) is 0 Å². The summed E-state index contributed by atoms with van der Waals surface area (Å²) >= 11 is 6.29. The summed E-state index contributed by atoms with van der Waals surface area (Å²) in [5.74, 6) is -3.71. The Balaban J connectivity index is 1.32. The molecule has 7 rings (SSSR count). The molecule has 1 aromatic rings. The van der Waals surface area contributed by atoms with Crippen LogP contribution in [0.1, 0.15) is 71.3 Å². The van der Waals surface area contributed by atoms with Gasteiger partial charge in [-0.25, -0.2) is 16.3 Å². The molecule has 6 heterocycles. The number of hydrazine groups is 3. The first-order valence-corrected chi connectivity index (χ1v) is 19.0. The van der Waals surface area contributed by atoms with Gasteiger partial charge in [0.05, 0.1) is 0 Å². The number of likely N-dealkylation sites (N-methyl/N-ethyl adjacent to an activating group) is 1. The van der Waals surface area contributed by atoms with Gasteiger partial charge in [0.1, 0.15) is 48.0 Å². The molecule has 18 heteroatoms. The molecule has 0 unspecified atom stereocenters. The summed E-state index contributed by atoms with van der Waals surface area (Å²) in [7, 11) is 1.50. The van der Waals surface area contributed by atoms with Gasteiger partial charge in [-0.2, -0.15) is 0 Å². The fourth-order valence-corrected chi connectivity index (χ4v) is 8.83. The van der Waals surface area contributed by atoms with Crippen molar-refractivity contribution in [1.29, 1.82) is 0 Å². The molecule has 0 radical (unpaired) electrons. The number of carbonyl (C=O) groups excluding carboxylic acids is 6. The molecule has 53 heavy (non-hydrogen) atoms. The predicted molar refractivity (Wildman–Crippen MR) is 191 cm³/mol. The zero-order valence-electron chi connectivity index (χ0n) is 30.4. The van der Waals surface area contributed by atoms with Crippen molar-refractivity contribution in [2.24, 2.45) is 5.92 Å². The molecule has 0 saturated carbocycles. The monoisotopic (exact) mass is 756 g/mol. The van der Waals surface area contributed by atoms with Crippen molar-refractivity contribution >= 4 is 52.7 Å². The number of hydrogen-bond donors (Lipinski definition) is 6. The first kappa shape index (κ1) is 37.3. The second kappa shape index (κ2) is 14.3. The molecule has 5 fully saturated rings. The van der Waals surface area contributed by atoms with Crippen molar-refractivity contribution in [2.45, 2.75) is 114 Å². The average molecular weight is 757 g/mol. The number of hydrogen-bond acceptors (Lipinski definition) is 11. The third-order valence-electron chi connectivity index (χ3n) is 11.7. The number of amides is 6. The lowest BCUT2D eigenvalue weighted by molar-refractivity contribution is -0.165. The van der Waals surface area contributed by atoms with Gasteiger partial charge in [0, 0.05) is 49.4 Å². The van der Waals surface area contributed by atoms with Crippen LogP contribution in [0.2, 0.25) is 5.02 Å². The van der Waals surface area contributed by atoms with Crippen LogP contribution in [0.4, 0.5) is 5.69 Å². The Labute approximate surface area is 313 Å². The Morgan fingerprint density at radius 3 is 1.91 bits per heavy atom. The highest BCUT2D eigenvalue weighted by Gasteiger charge is 2.62. The van der Waals surface area contributed by atoms with Gasteiger partial charge in [-0.3, -0.25) is 43.8 Å². The summed E-state index contributed by atoms with van der Waals surface area (Å²) in [4.78, 5) is 89.3. The van der Waals surface area contributed by atoms with Crippen LogP contribution in [0, 0.1) is 5.92 Å². The zero-order chi connectivity index (χ0) is 37.9. The van der Waals surface area contributed by atoms with E-state index in [4.69, 9.17) is 11.6 Å². The molecule has 0 spiro atoms. The third-order valence-corrected chi connectivity index (χ3v) is 11.9. The molecule has 6 N–H and O–H groups in total. The number of anilines is 1. The van der Waals surface area contributed by atoms with Crippen LogP contribution < -0.4 is 26.9 Å². The maximum atomic E-state index is 14.9. The molecule has 17 nitrogen and oxygen atoms in total. The summed E-state index contributed by atoms with van der Waals surface area (Å²) < 4.78 is 0. The number of fused-ring (bicyclic) bond motifs is 8. The third kappa shape index (κ3) is 6.29. The Hall–Kier alpha value is -4.03. The normalized spacial score (nSPS) is 34.4. The topological polar surface area (TPSA) is 199 Å². The van der Waals surface area contributed by atoms with Gasteiger partial charge in [0.15, 0.2) is 0 Å². The molecule has 6 aliphatic heterocycles. The van der Waals surface area contributed by atoms with E-state index in [2.05, 4.69) is 26.9 Å². The van der Waals surface area contributed by atoms with E-state index in [-0.39, 0.29) is 12.8 Å². The summed E-state index contributed by atoms with van der Waals surface area (Å²) in [5, 5.41) is 22.6. The van der Waals surface area contributed by atoms with E-state index in [1.54, 1.807) is 39.0 Å². The molecule has 6 amide bonds. The number of nitrogens with zero attached hydrogens (tertiary/aromatic N) is 5. The predicted octanol–water partition coefficient (Wildman–Crippen LogP) is -0.632. The smallest absolute Gasteiger partial charge is 0.261 e. The SMILES string of the molecule is CC(C)[C@H]1NC(=O)[C@@H]2C[C@]3(O)c4ccc(Cl)cc4N[C@@H]3N2C(=O)[C@@H]2CCCNN2C(=O)[C@H](C)N(C)C(=O)[C@H]2CCCNN2C(=O)[C@H]2CCCNN2C1=O. The number of aliphatic hydroxyl groups is 1. The van der Waals surface area contributed by atoms with E-state index in [0.717, 1.165) is 0 Å². The first-order valence-electron chi connectivity index (χ1n) is 18.6. The highest BCUT2D eigenvalue weighted by Crippen LogP contribution is 2.50. The Kier molecular flexibility index (Phi) is 10.1. The van der Waals surface area contributed by atoms with Crippen molar-refractivity contribution < 1.29 is 33.9 Å². The van der Waals surface area contributed by atoms with Gasteiger partial charge in [0.25, 0.3) is 17.7 Å². The molecule has 5 saturated heterocycles. The molecular weight excluding hydrogens is 708 g/mol. The van der Waals surface area contributed by atoms with E-state index in [9.17, 15) is 33.9 Å². The fraction of sp³-hybridized carbons (Fsp3) is 0.657. The van der Waals surface area contributed by atoms with Crippen LogP contribution in [-0.2, 0) is 34.4 Å². The van der Waals surface area contributed by atoms with Crippen LogP contribution in [0.5, 0.6) is 0 Å². The fourth-order valence-electron chi connectivity index (χ4n) is 8.66. The van der Waals surface area contributed by atoms with Gasteiger partial charge in [-0.1, -0.05) is 31.5 Å². The number of halogens is 1. The average Bonchev–Trinajstić information content (AvgIpc) is 3.61. The van der Waals surface area contributed by atoms with Crippen molar-refractivity contribution in [2.75, 3.05) is 32.0 Å². The highest BCUT2D eigenvalue weighted by atomic mass is 35.5. The molecule has 6 aliphatic rings. The van der Waals surface area contributed by atoms with E-state index in [0.29, 0.717) is 68.0 Å². The summed E-state index contributed by atoms with van der Waals surface area (Å²) in [5.41, 5.74) is 8.45. The van der Waals surface area contributed by atoms with Crippen LogP contribution >= 0.6 is 11.6 Å². The summed E-state index contributed by atoms with van der Waals surface area (Å²) in [6.07, 6.45) is 1.31. The lowest BCUT2D eigenvalue weighted by Crippen LogP contribution is -2.69. The van der Waals surface area contributed by atoms with Gasteiger partial charge >= 0.3 is 0 Å². The van der Waals surface area contributed by atoms with Crippen molar-refractivity contribution in [3.8, 4) is 0 Å². The summed E-state index contributed by atoms with van der Waals surface area (Å²) in [6, 6.07) is -1.55. The van der Waals surface area contributed by atoms with Crippen LogP contribution in [-0.4, -0.2) is 134 Å². The number of rotatable bonds is 1. The van der Waals surface area contributed by atoms with E-state index < -0.39 is 89.4 Å². The number of carbonyl (C=O) groups is 6. The Bertz CT molecular complexity index is 1700. The van der Waals surface area contributed by atoms with Crippen molar-refractivity contribution in [3.05, 3.63) is 28.8 Å². The number of benzene rings is 1. The van der Waals surface area contributed by atoms with E-state index in [1.807, 2.05) is 0 Å². The molecule has 8 atom stereocenters. The summed E-state index contributed by atoms with van der Waals surface area (Å²) in [6.45, 7) is 6.34. The van der Waals surface area contributed by atoms with Crippen LogP contribution in [0.3, 0.4) is 0 Å². The van der Waals surface area contributed by atoms with Crippen molar-refractivity contribution in [1.82, 2.24) is 46.4 Å². The molecule has 0 bridgehead atoms. The number of nitrogens with one attached hydrogen (secondary N) is 5. The van der Waals surface area contributed by atoms with Crippen LogP contribution in [0.15, 0.2) is 18.2 Å². The quantitative estimate of drug-likeness (QED) is 0.213. The molecule has 1 aromatic carbocycles. The van der Waals surface area contributed by atoms with Gasteiger partial charge < -0.3 is 25.5 Å². The molecular formula is C35H49ClN10O7. The van der Waals surface area contributed by atoms with Crippen molar-refractivity contribution in [3.63, 3.8) is 0 Å². The van der Waals surface area contributed by atoms with Gasteiger partial charge in [0.2, 0.25) is 17.7 Å². The molecule has 0 aliphatic carbocycles. The molecule has 288 valence electrons. The molecule has 0 aromatic heterocycles. The Morgan fingerprint density at radius 1 is 0.755 bits per heavy atom. The minimum atomic E-state index is -1.71. The van der Waals surface area contributed by atoms with Gasteiger partial charge in [-0.05, 0) is 63.5 Å². The minimum Gasteiger partial charge on any atom is -0.381 e. The second-order valence-corrected chi connectivity index (χ2v) is 15.7. The Morgan fingerprint density at radius 2 is 1.30 bits per heavy atom. The largest absolute Gasteiger partial charge is 0.381 e. The van der Waals surface area contributed by atoms with Gasteiger partial charge in [-0.15, -0.1) is 0 Å². The lowest BCUT2D eigenvalue weighted by atomic mass is 9.91. The minimum absolute atomic E-state index is 0.206. The first-order chi connectivity index (χ1) is 25.2. The lowest BCUT2D eigenvalue weighted by Gasteiger charge is -2.45. The standard InChI is InChI=1S/C35H49ClN10O7/c1-18(2)27-33(52)46-25(10-7-15-39-46)32(51)45-23(8-5-14-38-45)30(49)42(4)19(3)29(48)44-24(9-6-13-37-44)31(50)43-26(28(47)41-27)17-35(53)21-12-11-20(36)16-22(21)40-34(35)43/h11-12,16,18-19,23-27,34,37-40,53H,5-10,13-15,17H2,1-4H3,(H,41,47)/t19-,23+,24-,25+,26-,27+,34+,35-/m0/s1. The van der Waals surface area contributed by atoms with E-state index in [1.165, 1.54) is 31.9 Å². The maximum Gasteiger partial charge on any atom is 0.261 e. The highest BCUT2D eigenvalue weighted by molar-refractivity contribution is 6.31. The zero-order valence-corrected chi connectivity index (χ0v) is 31.2. The maximum absolute atomic E-state index is 14.9. The van der Waals surface area contributed by atoms with E-state index >= 15 is 0 Å². The second-order valence-electron chi connectivity index (χ2n) is 15.3.